The molecule has 0 spiro atoms. The van der Waals surface area contributed by atoms with Gasteiger partial charge in [-0.15, -0.1) is 0 Å². The molecule has 0 fully saturated rings. The van der Waals surface area contributed by atoms with E-state index in [4.69, 9.17) is 0 Å². The number of amides is 1. The molecule has 0 aliphatic rings. The Morgan fingerprint density at radius 2 is 1.95 bits per heavy atom. The molecule has 0 aromatic carbocycles. The number of carbonyl (C=O) groups excluding carboxylic acids is 1. The Kier molecular flexibility index (Phi) is 5.68. The fourth-order valence-electron chi connectivity index (χ4n) is 1.90. The Hall–Kier alpha value is -0.970. The van der Waals surface area contributed by atoms with Crippen molar-refractivity contribution in [3.63, 3.8) is 0 Å². The number of hydrogen-bond donors (Lipinski definition) is 1. The maximum atomic E-state index is 11.9. The third-order valence-electron chi connectivity index (χ3n) is 2.82. The first-order valence-electron chi connectivity index (χ1n) is 7.07. The summed E-state index contributed by atoms with van der Waals surface area (Å²) in [7, 11) is 0. The fraction of sp³-hybridized carbons (Fsp3) is 0.733. The highest BCUT2D eigenvalue weighted by atomic mass is 32.2. The van der Waals surface area contributed by atoms with E-state index in [0.717, 1.165) is 17.4 Å². The molecule has 0 aliphatic carbocycles. The molecule has 0 bridgehead atoms. The minimum Gasteiger partial charge on any atom is -0.351 e. The van der Waals surface area contributed by atoms with Crippen LogP contribution >= 0.6 is 11.8 Å². The molecule has 0 unspecified atom stereocenters. The molecule has 0 atom stereocenters. The van der Waals surface area contributed by atoms with Gasteiger partial charge in [-0.1, -0.05) is 25.6 Å². The van der Waals surface area contributed by atoms with Crippen LogP contribution in [0.2, 0.25) is 0 Å². The van der Waals surface area contributed by atoms with Crippen molar-refractivity contribution in [2.24, 2.45) is 5.92 Å². The highest BCUT2D eigenvalue weighted by Crippen LogP contribution is 2.22. The van der Waals surface area contributed by atoms with Crippen LogP contribution in [0.1, 0.15) is 46.0 Å². The van der Waals surface area contributed by atoms with Gasteiger partial charge in [0.05, 0.1) is 11.4 Å². The molecule has 0 saturated heterocycles. The normalized spacial score (nSPS) is 12.0. The maximum Gasteiger partial charge on any atom is 0.230 e. The number of thioether (sulfide) groups is 1. The zero-order valence-electron chi connectivity index (χ0n) is 13.7. The first-order valence-corrected chi connectivity index (χ1v) is 8.06. The lowest BCUT2D eigenvalue weighted by atomic mass is 10.1. The van der Waals surface area contributed by atoms with Gasteiger partial charge in [0.1, 0.15) is 0 Å². The molecular weight excluding hydrogens is 270 g/mol. The average molecular weight is 297 g/mol. The van der Waals surface area contributed by atoms with Crippen LogP contribution in [0.25, 0.3) is 0 Å². The largest absolute Gasteiger partial charge is 0.351 e. The lowest BCUT2D eigenvalue weighted by Crippen LogP contribution is -2.41. The second-order valence-corrected chi connectivity index (χ2v) is 7.60. The van der Waals surface area contributed by atoms with Crippen LogP contribution < -0.4 is 5.32 Å². The number of hydrogen-bond acceptors (Lipinski definition) is 3. The van der Waals surface area contributed by atoms with Gasteiger partial charge in [0, 0.05) is 17.8 Å². The first-order chi connectivity index (χ1) is 9.10. The summed E-state index contributed by atoms with van der Waals surface area (Å²) < 4.78 is 2.22. The number of nitrogens with one attached hydrogen (secondary N) is 1. The molecule has 1 aromatic rings. The Labute approximate surface area is 126 Å². The molecule has 1 rings (SSSR count). The molecular formula is C15H27N3OS. The van der Waals surface area contributed by atoms with Crippen LogP contribution in [0.4, 0.5) is 0 Å². The Morgan fingerprint density at radius 1 is 1.35 bits per heavy atom. The highest BCUT2D eigenvalue weighted by molar-refractivity contribution is 7.99. The van der Waals surface area contributed by atoms with E-state index < -0.39 is 0 Å². The van der Waals surface area contributed by atoms with Gasteiger partial charge in [-0.2, -0.15) is 0 Å². The van der Waals surface area contributed by atoms with Gasteiger partial charge in [-0.05, 0) is 40.5 Å². The number of imidazole rings is 1. The summed E-state index contributed by atoms with van der Waals surface area (Å²) in [6, 6.07) is 0. The van der Waals surface area contributed by atoms with Gasteiger partial charge in [0.15, 0.2) is 5.16 Å². The van der Waals surface area contributed by atoms with Crippen molar-refractivity contribution in [1.82, 2.24) is 14.9 Å². The highest BCUT2D eigenvalue weighted by Gasteiger charge is 2.17. The predicted molar refractivity (Wildman–Crippen MR) is 85.2 cm³/mol. The van der Waals surface area contributed by atoms with Crippen LogP contribution in [-0.4, -0.2) is 26.8 Å². The quantitative estimate of drug-likeness (QED) is 0.849. The van der Waals surface area contributed by atoms with E-state index in [9.17, 15) is 4.79 Å². The van der Waals surface area contributed by atoms with Gasteiger partial charge in [0.25, 0.3) is 0 Å². The van der Waals surface area contributed by atoms with E-state index >= 15 is 0 Å². The van der Waals surface area contributed by atoms with Crippen molar-refractivity contribution in [3.8, 4) is 0 Å². The molecule has 0 aliphatic heterocycles. The van der Waals surface area contributed by atoms with Gasteiger partial charge in [0.2, 0.25) is 5.91 Å². The van der Waals surface area contributed by atoms with Gasteiger partial charge in [-0.25, -0.2) is 4.98 Å². The summed E-state index contributed by atoms with van der Waals surface area (Å²) in [4.78, 5) is 16.5. The molecule has 114 valence electrons. The Bertz CT molecular complexity index is 472. The molecule has 1 amide bonds. The van der Waals surface area contributed by atoms with Crippen LogP contribution in [0.5, 0.6) is 0 Å². The minimum atomic E-state index is -0.184. The third kappa shape index (κ3) is 5.19. The van der Waals surface area contributed by atoms with Crippen molar-refractivity contribution >= 4 is 17.7 Å². The van der Waals surface area contributed by atoms with Gasteiger partial charge >= 0.3 is 0 Å². The summed E-state index contributed by atoms with van der Waals surface area (Å²) in [6.07, 6.45) is 0. The van der Waals surface area contributed by atoms with Crippen LogP contribution in [0.3, 0.4) is 0 Å². The van der Waals surface area contributed by atoms with E-state index in [1.807, 2.05) is 27.7 Å². The molecule has 0 radical (unpaired) electrons. The lowest BCUT2D eigenvalue weighted by molar-refractivity contribution is -0.119. The van der Waals surface area contributed by atoms with E-state index in [1.54, 1.807) is 0 Å². The predicted octanol–water partition coefficient (Wildman–Crippen LogP) is 3.16. The topological polar surface area (TPSA) is 46.9 Å². The average Bonchev–Trinajstić information content (AvgIpc) is 2.51. The van der Waals surface area contributed by atoms with E-state index in [1.165, 1.54) is 17.5 Å². The lowest BCUT2D eigenvalue weighted by Gasteiger charge is -2.20. The monoisotopic (exact) mass is 297 g/mol. The number of rotatable bonds is 5. The Morgan fingerprint density at radius 3 is 2.45 bits per heavy atom. The molecule has 1 N–H and O–H groups in total. The van der Waals surface area contributed by atoms with Crippen molar-refractivity contribution in [2.45, 2.75) is 65.7 Å². The third-order valence-corrected chi connectivity index (χ3v) is 3.79. The van der Waals surface area contributed by atoms with E-state index in [2.05, 4.69) is 35.6 Å². The SMILES string of the molecule is Cc1nc(SCC(=O)NC(C)(C)C)n(CC(C)C)c1C. The first kappa shape index (κ1) is 17.1. The number of nitrogens with zero attached hydrogens (tertiary/aromatic N) is 2. The van der Waals surface area contributed by atoms with Crippen molar-refractivity contribution in [1.29, 1.82) is 0 Å². The van der Waals surface area contributed by atoms with Crippen LogP contribution in [0, 0.1) is 19.8 Å². The summed E-state index contributed by atoms with van der Waals surface area (Å²) in [6.45, 7) is 15.4. The number of aromatic nitrogens is 2. The number of carbonyl (C=O) groups is 1. The maximum absolute atomic E-state index is 11.9. The van der Waals surface area contributed by atoms with E-state index in [0.29, 0.717) is 11.7 Å². The number of aryl methyl sites for hydroxylation is 1. The van der Waals surface area contributed by atoms with Crippen molar-refractivity contribution < 1.29 is 4.79 Å². The fourth-order valence-corrected chi connectivity index (χ4v) is 2.80. The zero-order valence-corrected chi connectivity index (χ0v) is 14.5. The second kappa shape index (κ2) is 6.66. The van der Waals surface area contributed by atoms with Gasteiger partial charge < -0.3 is 9.88 Å². The zero-order chi connectivity index (χ0) is 15.5. The molecule has 4 nitrogen and oxygen atoms in total. The standard InChI is InChI=1S/C15H27N3OS/c1-10(2)8-18-12(4)11(3)16-14(18)20-9-13(19)17-15(5,6)7/h10H,8-9H2,1-7H3,(H,17,19). The molecule has 0 saturated carbocycles. The van der Waals surface area contributed by atoms with E-state index in [-0.39, 0.29) is 11.4 Å². The smallest absolute Gasteiger partial charge is 0.230 e. The summed E-state index contributed by atoms with van der Waals surface area (Å²) in [5.74, 6) is 1.02. The van der Waals surface area contributed by atoms with Crippen LogP contribution in [0.15, 0.2) is 5.16 Å². The Balaban J connectivity index is 2.73. The summed E-state index contributed by atoms with van der Waals surface area (Å²) >= 11 is 1.51. The molecule has 1 heterocycles. The van der Waals surface area contributed by atoms with Crippen molar-refractivity contribution in [2.75, 3.05) is 5.75 Å². The second-order valence-electron chi connectivity index (χ2n) is 6.66. The molecule has 1 aromatic heterocycles. The van der Waals surface area contributed by atoms with Crippen molar-refractivity contribution in [3.05, 3.63) is 11.4 Å². The van der Waals surface area contributed by atoms with Crippen LogP contribution in [-0.2, 0) is 11.3 Å². The summed E-state index contributed by atoms with van der Waals surface area (Å²) in [5.41, 5.74) is 2.05. The molecule has 5 heteroatoms. The minimum absolute atomic E-state index is 0.0527. The summed E-state index contributed by atoms with van der Waals surface area (Å²) in [5, 5.41) is 3.92. The van der Waals surface area contributed by atoms with Gasteiger partial charge in [-0.3, -0.25) is 4.79 Å². The molecule has 20 heavy (non-hydrogen) atoms.